The van der Waals surface area contributed by atoms with E-state index in [1.807, 2.05) is 0 Å². The molecule has 3 rings (SSSR count). The molecule has 0 aliphatic rings. The van der Waals surface area contributed by atoms with Crippen LogP contribution in [0.15, 0.2) is 53.3 Å². The van der Waals surface area contributed by atoms with E-state index in [-0.39, 0.29) is 22.0 Å². The number of aliphatic hydroxyl groups excluding tert-OH is 1. The molecule has 1 amide bonds. The Bertz CT molecular complexity index is 1530. The molecule has 2 aromatic carbocycles. The van der Waals surface area contributed by atoms with Crippen LogP contribution in [0, 0.1) is 0 Å². The predicted molar refractivity (Wildman–Crippen MR) is 131 cm³/mol. The molecule has 2 atom stereocenters. The Morgan fingerprint density at radius 3 is 2.27 bits per heavy atom. The Labute approximate surface area is 227 Å². The van der Waals surface area contributed by atoms with Crippen LogP contribution in [0.1, 0.15) is 17.2 Å². The number of nitrogens with zero attached hydrogens (tertiary/aromatic N) is 3. The van der Waals surface area contributed by atoms with Crippen molar-refractivity contribution in [3.05, 3.63) is 75.2 Å². The van der Waals surface area contributed by atoms with Gasteiger partial charge in [0.15, 0.2) is 11.9 Å². The Hall–Kier alpha value is -3.37. The Kier molecular flexibility index (Phi) is 9.06. The number of nitrogens with one attached hydrogen (secondary N) is 1. The second-order valence-electron chi connectivity index (χ2n) is 8.77. The summed E-state index contributed by atoms with van der Waals surface area (Å²) >= 11 is 5.83. The highest BCUT2D eigenvalue weighted by atomic mass is 35.5. The van der Waals surface area contributed by atoms with Gasteiger partial charge < -0.3 is 10.4 Å². The number of aromatic nitrogens is 3. The second-order valence-corrected chi connectivity index (χ2v) is 11.4. The molecular formula is C23H21ClF6N4O5S. The summed E-state index contributed by atoms with van der Waals surface area (Å²) in [4.78, 5) is 25.7. The molecule has 40 heavy (non-hydrogen) atoms. The fraction of sp³-hybridized carbons (Fsp3) is 0.348. The zero-order valence-corrected chi connectivity index (χ0v) is 21.9. The lowest BCUT2D eigenvalue weighted by Crippen LogP contribution is -2.40. The first kappa shape index (κ1) is 31.2. The molecule has 0 aliphatic heterocycles. The van der Waals surface area contributed by atoms with E-state index in [1.165, 1.54) is 30.3 Å². The number of sulfone groups is 1. The van der Waals surface area contributed by atoms with Crippen molar-refractivity contribution < 1.29 is 44.7 Å². The monoisotopic (exact) mass is 614 g/mol. The topological polar surface area (TPSA) is 123 Å². The largest absolute Gasteiger partial charge is 0.416 e. The molecule has 0 aliphatic carbocycles. The van der Waals surface area contributed by atoms with Gasteiger partial charge in [-0.25, -0.2) is 17.9 Å². The average molecular weight is 615 g/mol. The third-order valence-corrected chi connectivity index (χ3v) is 6.66. The number of alkyl halides is 6. The summed E-state index contributed by atoms with van der Waals surface area (Å²) in [7, 11) is -3.85. The zero-order chi connectivity index (χ0) is 30.0. The molecule has 0 radical (unpaired) electrons. The molecule has 1 heterocycles. The van der Waals surface area contributed by atoms with Gasteiger partial charge in [0.25, 0.3) is 0 Å². The van der Waals surface area contributed by atoms with Crippen LogP contribution in [0.25, 0.3) is 11.4 Å². The van der Waals surface area contributed by atoms with Crippen molar-refractivity contribution >= 4 is 27.3 Å². The van der Waals surface area contributed by atoms with Crippen molar-refractivity contribution in [2.24, 2.45) is 0 Å². The maximum atomic E-state index is 13.2. The Morgan fingerprint density at radius 2 is 1.73 bits per heavy atom. The van der Waals surface area contributed by atoms with Crippen LogP contribution in [-0.2, 0) is 33.9 Å². The first-order valence-corrected chi connectivity index (χ1v) is 13.6. The van der Waals surface area contributed by atoms with Crippen LogP contribution >= 0.6 is 11.6 Å². The summed E-state index contributed by atoms with van der Waals surface area (Å²) in [5.74, 6) is -2.21. The SMILES string of the molecule is CS(=O)(=O)CC(NC(=O)Cn1nc(-c2ccc(Cl)cc2)n(C[C@H](O)C(F)(F)F)c1=O)c1cccc(C(F)(F)F)c1. The second kappa shape index (κ2) is 11.6. The summed E-state index contributed by atoms with van der Waals surface area (Å²) < 4.78 is 103. The molecule has 1 aromatic heterocycles. The van der Waals surface area contributed by atoms with Crippen molar-refractivity contribution in [3.8, 4) is 11.4 Å². The highest BCUT2D eigenvalue weighted by Gasteiger charge is 2.39. The number of aliphatic hydroxyl groups is 1. The number of benzene rings is 2. The molecule has 0 fully saturated rings. The number of halogens is 7. The van der Waals surface area contributed by atoms with Crippen LogP contribution in [-0.4, -0.2) is 58.1 Å². The number of amides is 1. The Morgan fingerprint density at radius 1 is 1.10 bits per heavy atom. The minimum Gasteiger partial charge on any atom is -0.382 e. The van der Waals surface area contributed by atoms with E-state index in [0.29, 0.717) is 15.3 Å². The van der Waals surface area contributed by atoms with Gasteiger partial charge in [-0.2, -0.15) is 26.3 Å². The minimum absolute atomic E-state index is 0.119. The number of carbonyl (C=O) groups is 1. The highest BCUT2D eigenvalue weighted by Crippen LogP contribution is 2.31. The number of hydrogen-bond acceptors (Lipinski definition) is 6. The van der Waals surface area contributed by atoms with Gasteiger partial charge in [-0.3, -0.25) is 9.36 Å². The van der Waals surface area contributed by atoms with Gasteiger partial charge in [0.1, 0.15) is 16.4 Å². The average Bonchev–Trinajstić information content (AvgIpc) is 3.12. The van der Waals surface area contributed by atoms with E-state index >= 15 is 0 Å². The van der Waals surface area contributed by atoms with E-state index in [2.05, 4.69) is 10.4 Å². The number of rotatable bonds is 9. The molecular weight excluding hydrogens is 594 g/mol. The molecule has 17 heteroatoms. The van der Waals surface area contributed by atoms with Gasteiger partial charge in [-0.1, -0.05) is 23.7 Å². The summed E-state index contributed by atoms with van der Waals surface area (Å²) in [6.07, 6.45) is -12.0. The van der Waals surface area contributed by atoms with E-state index < -0.39 is 70.3 Å². The van der Waals surface area contributed by atoms with Crippen LogP contribution in [0.2, 0.25) is 5.02 Å². The minimum atomic E-state index is -5.08. The number of carbonyl (C=O) groups excluding carboxylic acids is 1. The molecule has 0 saturated carbocycles. The first-order valence-electron chi connectivity index (χ1n) is 11.2. The summed E-state index contributed by atoms with van der Waals surface area (Å²) in [6.45, 7) is -2.20. The molecule has 1 unspecified atom stereocenters. The van der Waals surface area contributed by atoms with Gasteiger partial charge in [-0.15, -0.1) is 5.10 Å². The van der Waals surface area contributed by atoms with Gasteiger partial charge in [0.05, 0.1) is 23.9 Å². The third-order valence-electron chi connectivity index (χ3n) is 5.47. The van der Waals surface area contributed by atoms with Crippen molar-refractivity contribution in [2.45, 2.75) is 37.6 Å². The Balaban J connectivity index is 1.96. The smallest absolute Gasteiger partial charge is 0.382 e. The van der Waals surface area contributed by atoms with Crippen LogP contribution in [0.5, 0.6) is 0 Å². The zero-order valence-electron chi connectivity index (χ0n) is 20.4. The first-order chi connectivity index (χ1) is 18.3. The molecule has 9 nitrogen and oxygen atoms in total. The predicted octanol–water partition coefficient (Wildman–Crippen LogP) is 3.21. The fourth-order valence-electron chi connectivity index (χ4n) is 3.63. The lowest BCUT2D eigenvalue weighted by atomic mass is 10.0. The van der Waals surface area contributed by atoms with Crippen LogP contribution in [0.3, 0.4) is 0 Å². The maximum absolute atomic E-state index is 13.2. The van der Waals surface area contributed by atoms with Crippen molar-refractivity contribution in [2.75, 3.05) is 12.0 Å². The molecule has 2 N–H and O–H groups in total. The van der Waals surface area contributed by atoms with Crippen LogP contribution in [0.4, 0.5) is 26.3 Å². The lowest BCUT2D eigenvalue weighted by Gasteiger charge is -2.19. The van der Waals surface area contributed by atoms with Gasteiger partial charge in [0.2, 0.25) is 5.91 Å². The highest BCUT2D eigenvalue weighted by molar-refractivity contribution is 7.90. The normalized spacial score (nSPS) is 14.1. The van der Waals surface area contributed by atoms with E-state index in [1.54, 1.807) is 0 Å². The third kappa shape index (κ3) is 8.08. The van der Waals surface area contributed by atoms with E-state index in [9.17, 15) is 49.5 Å². The maximum Gasteiger partial charge on any atom is 0.416 e. The van der Waals surface area contributed by atoms with Crippen molar-refractivity contribution in [1.82, 2.24) is 19.7 Å². The molecule has 0 spiro atoms. The fourth-order valence-corrected chi connectivity index (χ4v) is 4.64. The van der Waals surface area contributed by atoms with Gasteiger partial charge in [0, 0.05) is 16.8 Å². The van der Waals surface area contributed by atoms with Crippen LogP contribution < -0.4 is 11.0 Å². The van der Waals surface area contributed by atoms with Crippen molar-refractivity contribution in [1.29, 1.82) is 0 Å². The standard InChI is InChI=1S/C23H21ClF6N4O5S/c1-40(38,39)12-17(14-3-2-4-15(9-14)22(25,26)27)31-19(36)11-34-21(37)33(10-18(35)23(28,29)30)20(32-34)13-5-7-16(24)8-6-13/h2-9,17-18,35H,10-12H2,1H3,(H,31,36)/t17?,18-/m0/s1. The summed E-state index contributed by atoms with van der Waals surface area (Å²) in [6, 6.07) is 7.54. The van der Waals surface area contributed by atoms with E-state index in [4.69, 9.17) is 11.6 Å². The quantitative estimate of drug-likeness (QED) is 0.357. The lowest BCUT2D eigenvalue weighted by molar-refractivity contribution is -0.207. The van der Waals surface area contributed by atoms with E-state index in [0.717, 1.165) is 18.4 Å². The van der Waals surface area contributed by atoms with Crippen molar-refractivity contribution in [3.63, 3.8) is 0 Å². The summed E-state index contributed by atoms with van der Waals surface area (Å²) in [5.41, 5.74) is -2.39. The molecule has 218 valence electrons. The van der Waals surface area contributed by atoms with Gasteiger partial charge >= 0.3 is 18.0 Å². The van der Waals surface area contributed by atoms with Gasteiger partial charge in [-0.05, 0) is 42.0 Å². The summed E-state index contributed by atoms with van der Waals surface area (Å²) in [5, 5.41) is 16.0. The molecule has 0 saturated heterocycles. The molecule has 0 bridgehead atoms. The number of hydrogen-bond donors (Lipinski definition) is 2. The molecule has 3 aromatic rings.